The molecular formula is C18H19N3O2. The first-order chi connectivity index (χ1) is 11.3. The van der Waals surface area contributed by atoms with Gasteiger partial charge in [-0.15, -0.1) is 5.10 Å². The van der Waals surface area contributed by atoms with Crippen LogP contribution in [0, 0.1) is 0 Å². The number of nitrogens with zero attached hydrogens (tertiary/aromatic N) is 2. The number of ether oxygens (including phenoxy) is 1. The van der Waals surface area contributed by atoms with Crippen LogP contribution in [-0.4, -0.2) is 22.7 Å². The van der Waals surface area contributed by atoms with Gasteiger partial charge in [0.05, 0.1) is 12.3 Å². The zero-order valence-corrected chi connectivity index (χ0v) is 12.9. The Bertz CT molecular complexity index is 710. The zero-order valence-electron chi connectivity index (χ0n) is 12.9. The molecule has 1 fully saturated rings. The van der Waals surface area contributed by atoms with E-state index < -0.39 is 0 Å². The van der Waals surface area contributed by atoms with E-state index in [1.807, 2.05) is 36.4 Å². The van der Waals surface area contributed by atoms with Crippen molar-refractivity contribution in [1.82, 2.24) is 10.2 Å². The fourth-order valence-electron chi connectivity index (χ4n) is 3.05. The molecule has 118 valence electrons. The van der Waals surface area contributed by atoms with Gasteiger partial charge in [-0.05, 0) is 48.9 Å². The number of aromatic nitrogens is 2. The maximum Gasteiger partial charge on any atom is 0.226 e. The van der Waals surface area contributed by atoms with Gasteiger partial charge in [-0.25, -0.2) is 0 Å². The van der Waals surface area contributed by atoms with Crippen LogP contribution in [0.5, 0.6) is 5.75 Å². The molecule has 2 aromatic rings. The Hall–Kier alpha value is -2.43. The second kappa shape index (κ2) is 5.99. The molecule has 1 aromatic carbocycles. The standard InChI is InChI=1S/C18H19N3O2/c22-18(19-17-8-7-15(20-21-17)12-5-6-12)11-13-9-10-23-16-4-2-1-3-14(13)16/h1-4,7-8,12-13H,5-6,9-11H2,(H,19,21,22)/t13-/m0/s1. The number of carbonyl (C=O) groups is 1. The van der Waals surface area contributed by atoms with E-state index in [4.69, 9.17) is 4.74 Å². The first kappa shape index (κ1) is 14.2. The van der Waals surface area contributed by atoms with Crippen molar-refractivity contribution in [3.05, 3.63) is 47.7 Å². The fourth-order valence-corrected chi connectivity index (χ4v) is 3.05. The normalized spacial score (nSPS) is 19.6. The number of carbonyl (C=O) groups excluding carboxylic acids is 1. The van der Waals surface area contributed by atoms with E-state index >= 15 is 0 Å². The van der Waals surface area contributed by atoms with Gasteiger partial charge >= 0.3 is 0 Å². The third-order valence-corrected chi connectivity index (χ3v) is 4.46. The van der Waals surface area contributed by atoms with Crippen LogP contribution in [-0.2, 0) is 4.79 Å². The van der Waals surface area contributed by atoms with Crippen molar-refractivity contribution < 1.29 is 9.53 Å². The molecule has 2 heterocycles. The van der Waals surface area contributed by atoms with Crippen molar-refractivity contribution in [2.45, 2.75) is 37.5 Å². The maximum atomic E-state index is 12.3. The Morgan fingerprint density at radius 3 is 2.78 bits per heavy atom. The highest BCUT2D eigenvalue weighted by atomic mass is 16.5. The number of para-hydroxylation sites is 1. The molecule has 1 amide bonds. The van der Waals surface area contributed by atoms with E-state index in [-0.39, 0.29) is 11.8 Å². The van der Waals surface area contributed by atoms with Gasteiger partial charge in [0.15, 0.2) is 5.82 Å². The summed E-state index contributed by atoms with van der Waals surface area (Å²) in [5.41, 5.74) is 2.14. The van der Waals surface area contributed by atoms with Crippen LogP contribution in [0.1, 0.15) is 48.8 Å². The first-order valence-electron chi connectivity index (χ1n) is 8.15. The topological polar surface area (TPSA) is 64.1 Å². The Kier molecular flexibility index (Phi) is 3.69. The molecule has 1 aromatic heterocycles. The van der Waals surface area contributed by atoms with Crippen molar-refractivity contribution in [2.24, 2.45) is 0 Å². The maximum absolute atomic E-state index is 12.3. The van der Waals surface area contributed by atoms with Crippen LogP contribution in [0.4, 0.5) is 5.82 Å². The van der Waals surface area contributed by atoms with E-state index in [0.717, 1.165) is 23.4 Å². The molecule has 0 saturated heterocycles. The number of anilines is 1. The Morgan fingerprint density at radius 1 is 1.13 bits per heavy atom. The largest absolute Gasteiger partial charge is 0.493 e. The summed E-state index contributed by atoms with van der Waals surface area (Å²) < 4.78 is 5.64. The number of hydrogen-bond acceptors (Lipinski definition) is 4. The van der Waals surface area contributed by atoms with Crippen molar-refractivity contribution in [3.63, 3.8) is 0 Å². The monoisotopic (exact) mass is 309 g/mol. The molecular weight excluding hydrogens is 290 g/mol. The van der Waals surface area contributed by atoms with E-state index in [1.165, 1.54) is 12.8 Å². The highest BCUT2D eigenvalue weighted by molar-refractivity contribution is 5.90. The lowest BCUT2D eigenvalue weighted by atomic mass is 9.90. The van der Waals surface area contributed by atoms with E-state index in [9.17, 15) is 4.79 Å². The minimum atomic E-state index is -0.0276. The molecule has 4 rings (SSSR count). The Morgan fingerprint density at radius 2 is 2.00 bits per heavy atom. The number of fused-ring (bicyclic) bond motifs is 1. The summed E-state index contributed by atoms with van der Waals surface area (Å²) in [7, 11) is 0. The minimum Gasteiger partial charge on any atom is -0.493 e. The zero-order chi connectivity index (χ0) is 15.6. The third kappa shape index (κ3) is 3.18. The number of nitrogens with one attached hydrogen (secondary N) is 1. The summed E-state index contributed by atoms with van der Waals surface area (Å²) in [5.74, 6) is 2.16. The van der Waals surface area contributed by atoms with Gasteiger partial charge in [0.25, 0.3) is 0 Å². The summed E-state index contributed by atoms with van der Waals surface area (Å²) >= 11 is 0. The van der Waals surface area contributed by atoms with Crippen LogP contribution in [0.2, 0.25) is 0 Å². The lowest BCUT2D eigenvalue weighted by Gasteiger charge is -2.25. The van der Waals surface area contributed by atoms with Gasteiger partial charge in [-0.2, -0.15) is 5.10 Å². The molecule has 5 heteroatoms. The van der Waals surface area contributed by atoms with Crippen LogP contribution >= 0.6 is 0 Å². The predicted molar refractivity (Wildman–Crippen MR) is 86.5 cm³/mol. The van der Waals surface area contributed by atoms with Gasteiger partial charge in [0.1, 0.15) is 5.75 Å². The fraction of sp³-hybridized carbons (Fsp3) is 0.389. The van der Waals surface area contributed by atoms with Crippen molar-refractivity contribution in [3.8, 4) is 5.75 Å². The number of amides is 1. The predicted octanol–water partition coefficient (Wildman–Crippen LogP) is 3.25. The van der Waals surface area contributed by atoms with E-state index in [0.29, 0.717) is 24.8 Å². The molecule has 0 radical (unpaired) electrons. The highest BCUT2D eigenvalue weighted by Gasteiger charge is 2.26. The van der Waals surface area contributed by atoms with Gasteiger partial charge in [0, 0.05) is 12.3 Å². The molecule has 23 heavy (non-hydrogen) atoms. The first-order valence-corrected chi connectivity index (χ1v) is 8.15. The highest BCUT2D eigenvalue weighted by Crippen LogP contribution is 2.38. The lowest BCUT2D eigenvalue weighted by Crippen LogP contribution is -2.21. The molecule has 1 atom stereocenters. The van der Waals surface area contributed by atoms with Crippen LogP contribution in [0.3, 0.4) is 0 Å². The van der Waals surface area contributed by atoms with E-state index in [1.54, 1.807) is 0 Å². The number of rotatable bonds is 4. The molecule has 5 nitrogen and oxygen atoms in total. The summed E-state index contributed by atoms with van der Waals surface area (Å²) in [6.07, 6.45) is 3.69. The molecule has 1 aliphatic carbocycles. The SMILES string of the molecule is O=C(C[C@@H]1CCOc2ccccc21)Nc1ccc(C2CC2)nn1. The van der Waals surface area contributed by atoms with Crippen LogP contribution < -0.4 is 10.1 Å². The molecule has 1 saturated carbocycles. The molecule has 1 N–H and O–H groups in total. The van der Waals surface area contributed by atoms with Crippen LogP contribution in [0.25, 0.3) is 0 Å². The summed E-state index contributed by atoms with van der Waals surface area (Å²) in [6.45, 7) is 0.658. The lowest BCUT2D eigenvalue weighted by molar-refractivity contribution is -0.116. The van der Waals surface area contributed by atoms with Gasteiger partial charge in [0.2, 0.25) is 5.91 Å². The minimum absolute atomic E-state index is 0.0276. The van der Waals surface area contributed by atoms with Crippen LogP contribution in [0.15, 0.2) is 36.4 Å². The second-order valence-electron chi connectivity index (χ2n) is 6.24. The third-order valence-electron chi connectivity index (χ3n) is 4.46. The summed E-state index contributed by atoms with van der Waals surface area (Å²) in [4.78, 5) is 12.3. The number of benzene rings is 1. The van der Waals surface area contributed by atoms with Crippen molar-refractivity contribution in [1.29, 1.82) is 0 Å². The quantitative estimate of drug-likeness (QED) is 0.941. The molecule has 0 unspecified atom stereocenters. The van der Waals surface area contributed by atoms with Crippen molar-refractivity contribution >= 4 is 11.7 Å². The average molecular weight is 309 g/mol. The second-order valence-corrected chi connectivity index (χ2v) is 6.24. The molecule has 0 spiro atoms. The molecule has 2 aliphatic rings. The van der Waals surface area contributed by atoms with Crippen molar-refractivity contribution in [2.75, 3.05) is 11.9 Å². The Labute approximate surface area is 135 Å². The smallest absolute Gasteiger partial charge is 0.226 e. The van der Waals surface area contributed by atoms with Gasteiger partial charge < -0.3 is 10.1 Å². The molecule has 1 aliphatic heterocycles. The Balaban J connectivity index is 1.40. The summed E-state index contributed by atoms with van der Waals surface area (Å²) in [5, 5.41) is 11.2. The van der Waals surface area contributed by atoms with Gasteiger partial charge in [-0.3, -0.25) is 4.79 Å². The molecule has 0 bridgehead atoms. The average Bonchev–Trinajstić information content (AvgIpc) is 3.41. The van der Waals surface area contributed by atoms with E-state index in [2.05, 4.69) is 15.5 Å². The summed E-state index contributed by atoms with van der Waals surface area (Å²) in [6, 6.07) is 11.7. The van der Waals surface area contributed by atoms with Gasteiger partial charge in [-0.1, -0.05) is 18.2 Å². The number of hydrogen-bond donors (Lipinski definition) is 1.